The van der Waals surface area contributed by atoms with Crippen LogP contribution >= 0.6 is 0 Å². The van der Waals surface area contributed by atoms with E-state index in [-0.39, 0.29) is 5.96 Å². The van der Waals surface area contributed by atoms with Crippen LogP contribution in [0.5, 0.6) is 0 Å². The van der Waals surface area contributed by atoms with Crippen molar-refractivity contribution in [3.63, 3.8) is 0 Å². The van der Waals surface area contributed by atoms with Gasteiger partial charge in [0.05, 0.1) is 12.0 Å². The molecule has 0 aromatic rings. The van der Waals surface area contributed by atoms with Crippen molar-refractivity contribution < 1.29 is 23.8 Å². The quantitative estimate of drug-likeness (QED) is 0.185. The topological polar surface area (TPSA) is 93.8 Å². The molecular formula is C17H28N4O5. The summed E-state index contributed by atoms with van der Waals surface area (Å²) in [6, 6.07) is 0. The van der Waals surface area contributed by atoms with Crippen LogP contribution in [-0.2, 0) is 19.0 Å². The molecule has 1 fully saturated rings. The van der Waals surface area contributed by atoms with Crippen LogP contribution in [0.3, 0.4) is 0 Å². The van der Waals surface area contributed by atoms with E-state index in [2.05, 4.69) is 15.4 Å². The second kappa shape index (κ2) is 10.6. The van der Waals surface area contributed by atoms with Crippen molar-refractivity contribution in [3.05, 3.63) is 11.5 Å². The van der Waals surface area contributed by atoms with E-state index >= 15 is 0 Å². The molecule has 1 N–H and O–H groups in total. The fourth-order valence-corrected chi connectivity index (χ4v) is 2.22. The first-order valence-electron chi connectivity index (χ1n) is 8.72. The summed E-state index contributed by atoms with van der Waals surface area (Å²) < 4.78 is 15.2. The van der Waals surface area contributed by atoms with Gasteiger partial charge in [-0.25, -0.2) is 4.79 Å². The average Bonchev–Trinajstić information content (AvgIpc) is 3.12. The number of carbonyl (C=O) groups is 2. The van der Waals surface area contributed by atoms with Crippen LogP contribution in [0.15, 0.2) is 5.10 Å². The molecule has 0 radical (unpaired) electrons. The van der Waals surface area contributed by atoms with E-state index < -0.39 is 24.3 Å². The number of hydrogen-bond acceptors (Lipinski definition) is 6. The Morgan fingerprint density at radius 2 is 2.12 bits per heavy atom. The van der Waals surface area contributed by atoms with Crippen LogP contribution in [0.1, 0.15) is 40.5 Å². The fraction of sp³-hybridized carbons (Fsp3) is 0.765. The van der Waals surface area contributed by atoms with E-state index in [1.807, 2.05) is 13.8 Å². The van der Waals surface area contributed by atoms with Crippen LogP contribution in [-0.4, -0.2) is 56.0 Å². The van der Waals surface area contributed by atoms with Crippen LogP contribution in [0.4, 0.5) is 4.79 Å². The second-order valence-corrected chi connectivity index (χ2v) is 6.64. The molecule has 1 saturated heterocycles. The molecule has 1 aliphatic rings. The predicted octanol–water partition coefficient (Wildman–Crippen LogP) is 2.20. The maximum absolute atomic E-state index is 11.9. The van der Waals surface area contributed by atoms with Crippen molar-refractivity contribution in [2.24, 2.45) is 16.4 Å². The molecule has 1 unspecified atom stereocenters. The summed E-state index contributed by atoms with van der Waals surface area (Å²) in [4.78, 5) is 28.5. The van der Waals surface area contributed by atoms with Crippen LogP contribution < -0.4 is 5.32 Å². The first kappa shape index (κ1) is 21.7. The Balaban J connectivity index is 2.52. The van der Waals surface area contributed by atoms with Gasteiger partial charge < -0.3 is 19.1 Å². The van der Waals surface area contributed by atoms with Gasteiger partial charge in [0.2, 0.25) is 6.79 Å². The molecule has 26 heavy (non-hydrogen) atoms. The molecule has 9 nitrogen and oxygen atoms in total. The number of hydrogen-bond donors (Lipinski definition) is 1. The van der Waals surface area contributed by atoms with Crippen molar-refractivity contribution in [1.82, 2.24) is 10.2 Å². The Hall–Kier alpha value is -2.34. The third kappa shape index (κ3) is 6.88. The van der Waals surface area contributed by atoms with Gasteiger partial charge in [0.15, 0.2) is 0 Å². The number of ether oxygens (including phenoxy) is 3. The Bertz CT molecular complexity index is 550. The fourth-order valence-electron chi connectivity index (χ4n) is 2.22. The Kier molecular flexibility index (Phi) is 8.85. The summed E-state index contributed by atoms with van der Waals surface area (Å²) in [5.74, 6) is -0.0141. The first-order valence-corrected chi connectivity index (χ1v) is 8.72. The second-order valence-electron chi connectivity index (χ2n) is 6.64. The normalized spacial score (nSPS) is 17.3. The van der Waals surface area contributed by atoms with Crippen LogP contribution in [0.2, 0.25) is 0 Å². The number of rotatable bonds is 7. The minimum absolute atomic E-state index is 0.111. The number of nitrogens with zero attached hydrogens (tertiary/aromatic N) is 3. The minimum atomic E-state index is -0.837. The summed E-state index contributed by atoms with van der Waals surface area (Å²) >= 11 is 0. The van der Waals surface area contributed by atoms with Gasteiger partial charge in [0.25, 0.3) is 5.96 Å². The zero-order valence-electron chi connectivity index (χ0n) is 15.9. The summed E-state index contributed by atoms with van der Waals surface area (Å²) in [5, 5.41) is 6.09. The molecule has 0 aromatic heterocycles. The van der Waals surface area contributed by atoms with Crippen molar-refractivity contribution >= 4 is 18.0 Å². The molecule has 1 heterocycles. The number of amides is 1. The van der Waals surface area contributed by atoms with Gasteiger partial charge in [0, 0.05) is 25.6 Å². The molecular weight excluding hydrogens is 340 g/mol. The smallest absolute Gasteiger partial charge is 0.417 e. The summed E-state index contributed by atoms with van der Waals surface area (Å²) in [7, 11) is 0. The van der Waals surface area contributed by atoms with Crippen molar-refractivity contribution in [2.45, 2.75) is 40.5 Å². The zero-order valence-corrected chi connectivity index (χ0v) is 15.9. The molecule has 146 valence electrons. The zero-order chi connectivity index (χ0) is 19.6. The van der Waals surface area contributed by atoms with Gasteiger partial charge in [-0.1, -0.05) is 6.92 Å². The van der Waals surface area contributed by atoms with E-state index in [0.29, 0.717) is 38.6 Å². The van der Waals surface area contributed by atoms with E-state index in [1.165, 1.54) is 0 Å². The highest BCUT2D eigenvalue weighted by Crippen LogP contribution is 2.21. The predicted molar refractivity (Wildman–Crippen MR) is 94.9 cm³/mol. The number of esters is 1. The molecule has 9 heteroatoms. The highest BCUT2D eigenvalue weighted by molar-refractivity contribution is 5.94. The molecule has 0 saturated carbocycles. The van der Waals surface area contributed by atoms with Gasteiger partial charge in [-0.2, -0.15) is 6.57 Å². The van der Waals surface area contributed by atoms with Crippen molar-refractivity contribution in [2.75, 3.05) is 33.1 Å². The molecule has 1 amide bonds. The maximum atomic E-state index is 11.9. The number of carbonyl (C=O) groups excluding carboxylic acids is 2. The van der Waals surface area contributed by atoms with Gasteiger partial charge in [-0.05, 0) is 33.6 Å². The van der Waals surface area contributed by atoms with Crippen LogP contribution in [0, 0.1) is 17.9 Å². The number of guanidine groups is 1. The third-order valence-electron chi connectivity index (χ3n) is 4.36. The Morgan fingerprint density at radius 1 is 1.38 bits per heavy atom. The summed E-state index contributed by atoms with van der Waals surface area (Å²) in [6.45, 7) is 16.3. The third-order valence-corrected chi connectivity index (χ3v) is 4.36. The first-order chi connectivity index (χ1) is 12.3. The molecule has 0 aliphatic carbocycles. The average molecular weight is 368 g/mol. The molecule has 0 aromatic carbocycles. The lowest BCUT2D eigenvalue weighted by molar-refractivity contribution is -0.162. The minimum Gasteiger partial charge on any atom is -0.427 e. The molecule has 1 aliphatic heterocycles. The van der Waals surface area contributed by atoms with E-state index in [0.717, 1.165) is 6.42 Å². The Labute approximate surface area is 154 Å². The van der Waals surface area contributed by atoms with Crippen LogP contribution in [0.25, 0.3) is 4.95 Å². The lowest BCUT2D eigenvalue weighted by Crippen LogP contribution is -2.46. The summed E-state index contributed by atoms with van der Waals surface area (Å²) in [5.41, 5.74) is -0.640. The van der Waals surface area contributed by atoms with E-state index in [9.17, 15) is 9.59 Å². The van der Waals surface area contributed by atoms with E-state index in [1.54, 1.807) is 18.7 Å². The van der Waals surface area contributed by atoms with Gasteiger partial charge >= 0.3 is 12.1 Å². The largest absolute Gasteiger partial charge is 0.427 e. The lowest BCUT2D eigenvalue weighted by Gasteiger charge is -2.24. The standard InChI is InChI=1S/C17H28N4O5/c1-6-17(3,4)14(22)25-12-26-16(23)19-15(20-18-5)21(7-2)10-13-8-9-24-11-13/h13H,6-12H2,1-4H3,(H,19,20,23). The SMILES string of the molecule is [C-]#[N+]N=C(NC(=O)OCOC(=O)C(C)(C)CC)N(CC)CC1CCOC1. The maximum Gasteiger partial charge on any atom is 0.417 e. The van der Waals surface area contributed by atoms with Gasteiger partial charge in [-0.3, -0.25) is 10.1 Å². The molecule has 1 atom stereocenters. The molecule has 0 spiro atoms. The van der Waals surface area contributed by atoms with Crippen molar-refractivity contribution in [3.8, 4) is 0 Å². The van der Waals surface area contributed by atoms with E-state index in [4.69, 9.17) is 20.8 Å². The molecule has 0 bridgehead atoms. The monoisotopic (exact) mass is 368 g/mol. The highest BCUT2D eigenvalue weighted by atomic mass is 16.7. The number of alkyl carbamates (subject to hydrolysis) is 1. The van der Waals surface area contributed by atoms with Gasteiger partial charge in [0.1, 0.15) is 5.10 Å². The summed E-state index contributed by atoms with van der Waals surface area (Å²) in [6.07, 6.45) is 0.696. The number of nitrogens with one attached hydrogen (secondary N) is 1. The highest BCUT2D eigenvalue weighted by Gasteiger charge is 2.28. The lowest BCUT2D eigenvalue weighted by atomic mass is 9.91. The Morgan fingerprint density at radius 3 is 2.65 bits per heavy atom. The van der Waals surface area contributed by atoms with Gasteiger partial charge in [-0.15, -0.1) is 4.95 Å². The van der Waals surface area contributed by atoms with Crippen molar-refractivity contribution in [1.29, 1.82) is 0 Å². The molecule has 1 rings (SSSR count).